The highest BCUT2D eigenvalue weighted by Gasteiger charge is 2.29. The summed E-state index contributed by atoms with van der Waals surface area (Å²) in [5.74, 6) is 1.81. The molecule has 2 aliphatic rings. The lowest BCUT2D eigenvalue weighted by Crippen LogP contribution is -2.45. The van der Waals surface area contributed by atoms with Gasteiger partial charge < -0.3 is 15.0 Å². The highest BCUT2D eigenvalue weighted by molar-refractivity contribution is 5.67. The first-order valence-corrected chi connectivity index (χ1v) is 11.2. The molecule has 2 aliphatic heterocycles. The second-order valence-corrected chi connectivity index (χ2v) is 8.77. The van der Waals surface area contributed by atoms with Gasteiger partial charge in [0.25, 0.3) is 0 Å². The van der Waals surface area contributed by atoms with Crippen LogP contribution in [0.4, 0.5) is 5.95 Å². The van der Waals surface area contributed by atoms with Crippen molar-refractivity contribution in [3.63, 3.8) is 0 Å². The summed E-state index contributed by atoms with van der Waals surface area (Å²) in [6, 6.07) is 9.37. The molecule has 2 atom stereocenters. The van der Waals surface area contributed by atoms with Gasteiger partial charge in [0.1, 0.15) is 5.75 Å². The number of ether oxygens (including phenoxy) is 1. The van der Waals surface area contributed by atoms with E-state index < -0.39 is 0 Å². The minimum absolute atomic E-state index is 0.177. The molecule has 0 spiro atoms. The number of nitrogens with zero attached hydrogens (tertiary/aromatic N) is 3. The summed E-state index contributed by atoms with van der Waals surface area (Å²) >= 11 is 0. The molecule has 3 heterocycles. The highest BCUT2D eigenvalue weighted by Crippen LogP contribution is 2.32. The zero-order valence-corrected chi connectivity index (χ0v) is 18.2. The Morgan fingerprint density at radius 1 is 1.00 bits per heavy atom. The van der Waals surface area contributed by atoms with Crippen LogP contribution in [0.2, 0.25) is 0 Å². The maximum Gasteiger partial charge on any atom is 0.226 e. The number of benzene rings is 1. The third-order valence-electron chi connectivity index (χ3n) is 6.10. The molecule has 0 radical (unpaired) electrons. The van der Waals surface area contributed by atoms with Crippen LogP contribution in [0.1, 0.15) is 58.2 Å². The van der Waals surface area contributed by atoms with Gasteiger partial charge in [-0.15, -0.1) is 0 Å². The first-order valence-electron chi connectivity index (χ1n) is 11.2. The smallest absolute Gasteiger partial charge is 0.226 e. The van der Waals surface area contributed by atoms with Crippen molar-refractivity contribution in [2.75, 3.05) is 18.0 Å². The number of anilines is 1. The Morgan fingerprint density at radius 3 is 2.38 bits per heavy atom. The maximum atomic E-state index is 5.83. The van der Waals surface area contributed by atoms with Crippen LogP contribution in [0.3, 0.4) is 0 Å². The quantitative estimate of drug-likeness (QED) is 0.834. The lowest BCUT2D eigenvalue weighted by atomic mass is 9.97. The van der Waals surface area contributed by atoms with Crippen LogP contribution in [0.15, 0.2) is 24.3 Å². The van der Waals surface area contributed by atoms with Crippen LogP contribution in [-0.4, -0.2) is 41.2 Å². The van der Waals surface area contributed by atoms with Gasteiger partial charge in [-0.2, -0.15) is 0 Å². The van der Waals surface area contributed by atoms with Gasteiger partial charge in [0.2, 0.25) is 5.95 Å². The van der Waals surface area contributed by atoms with E-state index in [2.05, 4.69) is 62.2 Å². The number of nitrogens with one attached hydrogen (secondary N) is 1. The van der Waals surface area contributed by atoms with Gasteiger partial charge in [0.15, 0.2) is 0 Å². The molecule has 1 aromatic heterocycles. The molecule has 0 aliphatic carbocycles. The van der Waals surface area contributed by atoms with Crippen molar-refractivity contribution < 1.29 is 4.74 Å². The van der Waals surface area contributed by atoms with Gasteiger partial charge in [-0.3, -0.25) is 0 Å². The van der Waals surface area contributed by atoms with E-state index in [4.69, 9.17) is 14.7 Å². The predicted molar refractivity (Wildman–Crippen MR) is 119 cm³/mol. The maximum absolute atomic E-state index is 5.83. The van der Waals surface area contributed by atoms with E-state index in [1.807, 2.05) is 0 Å². The van der Waals surface area contributed by atoms with Crippen LogP contribution >= 0.6 is 0 Å². The van der Waals surface area contributed by atoms with Gasteiger partial charge in [-0.25, -0.2) is 9.97 Å². The van der Waals surface area contributed by atoms with Crippen molar-refractivity contribution in [2.24, 2.45) is 0 Å². The number of hydrogen-bond donors (Lipinski definition) is 1. The Morgan fingerprint density at radius 2 is 1.69 bits per heavy atom. The number of piperidine rings is 1. The second kappa shape index (κ2) is 8.70. The Labute approximate surface area is 174 Å². The Kier molecular flexibility index (Phi) is 6.04. The molecule has 0 amide bonds. The highest BCUT2D eigenvalue weighted by atomic mass is 16.5. The largest absolute Gasteiger partial charge is 0.491 e. The van der Waals surface area contributed by atoms with Crippen molar-refractivity contribution in [1.29, 1.82) is 0 Å². The Hall–Kier alpha value is -2.14. The van der Waals surface area contributed by atoms with E-state index >= 15 is 0 Å². The fraction of sp³-hybridized carbons (Fsp3) is 0.583. The minimum atomic E-state index is 0.177. The second-order valence-electron chi connectivity index (χ2n) is 8.77. The zero-order chi connectivity index (χ0) is 20.4. The van der Waals surface area contributed by atoms with Crippen LogP contribution in [0.5, 0.6) is 5.75 Å². The third kappa shape index (κ3) is 4.40. The van der Waals surface area contributed by atoms with Gasteiger partial charge in [-0.05, 0) is 84.2 Å². The summed E-state index contributed by atoms with van der Waals surface area (Å²) in [7, 11) is 0. The summed E-state index contributed by atoms with van der Waals surface area (Å²) < 4.78 is 5.83. The standard InChI is InChI=1S/C24H34N4O/c1-16(2)29-20-10-8-19(9-11-20)23-21-12-14-25-15-13-22(21)26-24(27-23)28-17(3)6-5-7-18(28)4/h8-11,16-18,25H,5-7,12-15H2,1-4H3. The van der Waals surface area contributed by atoms with Crippen molar-refractivity contribution >= 4 is 5.95 Å². The fourth-order valence-corrected chi connectivity index (χ4v) is 4.67. The molecule has 4 rings (SSSR count). The summed E-state index contributed by atoms with van der Waals surface area (Å²) in [5, 5.41) is 3.52. The lowest BCUT2D eigenvalue weighted by Gasteiger charge is -2.39. The number of rotatable bonds is 4. The van der Waals surface area contributed by atoms with Gasteiger partial charge in [-0.1, -0.05) is 0 Å². The van der Waals surface area contributed by atoms with E-state index in [1.165, 1.54) is 30.5 Å². The molecule has 5 heteroatoms. The first kappa shape index (κ1) is 20.1. The van der Waals surface area contributed by atoms with Gasteiger partial charge in [0, 0.05) is 36.2 Å². The molecule has 1 aromatic carbocycles. The zero-order valence-electron chi connectivity index (χ0n) is 18.2. The van der Waals surface area contributed by atoms with Crippen molar-refractivity contribution in [3.05, 3.63) is 35.5 Å². The first-order chi connectivity index (χ1) is 14.0. The van der Waals surface area contributed by atoms with Crippen LogP contribution in [-0.2, 0) is 12.8 Å². The third-order valence-corrected chi connectivity index (χ3v) is 6.10. The van der Waals surface area contributed by atoms with Crippen LogP contribution in [0, 0.1) is 0 Å². The summed E-state index contributed by atoms with van der Waals surface area (Å²) in [6.07, 6.45) is 5.82. The van der Waals surface area contributed by atoms with Crippen molar-refractivity contribution in [1.82, 2.24) is 15.3 Å². The molecule has 5 nitrogen and oxygen atoms in total. The van der Waals surface area contributed by atoms with Gasteiger partial charge >= 0.3 is 0 Å². The molecule has 0 saturated carbocycles. The normalized spacial score (nSPS) is 22.3. The van der Waals surface area contributed by atoms with E-state index in [1.54, 1.807) is 0 Å². The average Bonchev–Trinajstić information content (AvgIpc) is 2.93. The Bertz CT molecular complexity index is 824. The molecule has 2 aromatic rings. The van der Waals surface area contributed by atoms with E-state index in [0.29, 0.717) is 12.1 Å². The van der Waals surface area contributed by atoms with Crippen LogP contribution in [0.25, 0.3) is 11.3 Å². The molecule has 1 fully saturated rings. The van der Waals surface area contributed by atoms with Gasteiger partial charge in [0.05, 0.1) is 17.5 Å². The lowest BCUT2D eigenvalue weighted by molar-refractivity contribution is 0.242. The van der Waals surface area contributed by atoms with Crippen molar-refractivity contribution in [3.8, 4) is 17.0 Å². The number of aromatic nitrogens is 2. The topological polar surface area (TPSA) is 50.3 Å². The summed E-state index contributed by atoms with van der Waals surface area (Å²) in [6.45, 7) is 10.7. The molecule has 2 unspecified atom stereocenters. The summed E-state index contributed by atoms with van der Waals surface area (Å²) in [5.41, 5.74) is 4.76. The summed E-state index contributed by atoms with van der Waals surface area (Å²) in [4.78, 5) is 12.7. The molecular formula is C24H34N4O. The SMILES string of the molecule is CC(C)Oc1ccc(-c2nc(N3C(C)CCCC3C)nc3c2CCNCC3)cc1. The van der Waals surface area contributed by atoms with E-state index in [9.17, 15) is 0 Å². The monoisotopic (exact) mass is 394 g/mol. The average molecular weight is 395 g/mol. The molecule has 156 valence electrons. The number of hydrogen-bond acceptors (Lipinski definition) is 5. The van der Waals surface area contributed by atoms with Crippen molar-refractivity contribution in [2.45, 2.75) is 78.0 Å². The predicted octanol–water partition coefficient (Wildman–Crippen LogP) is 4.39. The van der Waals surface area contributed by atoms with Crippen LogP contribution < -0.4 is 15.0 Å². The van der Waals surface area contributed by atoms with E-state index in [0.717, 1.165) is 48.9 Å². The Balaban J connectivity index is 1.77. The molecule has 1 saturated heterocycles. The minimum Gasteiger partial charge on any atom is -0.491 e. The van der Waals surface area contributed by atoms with E-state index in [-0.39, 0.29) is 6.10 Å². The molecule has 29 heavy (non-hydrogen) atoms. The molecular weight excluding hydrogens is 360 g/mol. The molecule has 0 bridgehead atoms. The molecule has 1 N–H and O–H groups in total. The fourth-order valence-electron chi connectivity index (χ4n) is 4.67. The number of fused-ring (bicyclic) bond motifs is 1.